The van der Waals surface area contributed by atoms with Crippen molar-refractivity contribution < 1.29 is 26.4 Å². The van der Waals surface area contributed by atoms with Gasteiger partial charge in [0.05, 0.1) is 17.0 Å². The number of alkyl halides is 3. The molecule has 12 heteroatoms. The number of halogens is 3. The van der Waals surface area contributed by atoms with Crippen molar-refractivity contribution in [2.45, 2.75) is 43.4 Å². The predicted molar refractivity (Wildman–Crippen MR) is 108 cm³/mol. The first-order valence-corrected chi connectivity index (χ1v) is 11.3. The van der Waals surface area contributed by atoms with Crippen LogP contribution in [0.3, 0.4) is 0 Å². The topological polar surface area (TPSA) is 96.7 Å². The zero-order valence-electron chi connectivity index (χ0n) is 17.0. The molecule has 32 heavy (non-hydrogen) atoms. The first-order valence-electron chi connectivity index (χ1n) is 9.84. The van der Waals surface area contributed by atoms with Gasteiger partial charge in [-0.15, -0.1) is 10.2 Å². The van der Waals surface area contributed by atoms with Gasteiger partial charge in [-0.25, -0.2) is 8.42 Å². The van der Waals surface area contributed by atoms with Gasteiger partial charge in [-0.3, -0.25) is 9.20 Å². The van der Waals surface area contributed by atoms with Crippen molar-refractivity contribution >= 4 is 21.6 Å². The van der Waals surface area contributed by atoms with Crippen LogP contribution in [-0.4, -0.2) is 45.8 Å². The highest BCUT2D eigenvalue weighted by atomic mass is 32.2. The minimum Gasteiger partial charge on any atom is -0.347 e. The summed E-state index contributed by atoms with van der Waals surface area (Å²) in [6.45, 7) is 1.85. The molecule has 0 bridgehead atoms. The summed E-state index contributed by atoms with van der Waals surface area (Å²) < 4.78 is 67.3. The molecule has 8 nitrogen and oxygen atoms in total. The monoisotopic (exact) mass is 467 g/mol. The van der Waals surface area contributed by atoms with E-state index in [2.05, 4.69) is 15.5 Å². The second-order valence-electron chi connectivity index (χ2n) is 7.56. The summed E-state index contributed by atoms with van der Waals surface area (Å²) >= 11 is 0. The van der Waals surface area contributed by atoms with Gasteiger partial charge in [0, 0.05) is 12.7 Å². The van der Waals surface area contributed by atoms with Crippen LogP contribution in [0.2, 0.25) is 0 Å². The van der Waals surface area contributed by atoms with Gasteiger partial charge < -0.3 is 5.32 Å². The SMILES string of the molecule is Cc1ccc(S(=O)(=O)N2CCC[C@@H]2C(=O)NCc2nnc3ccc(C(F)(F)F)cn23)cc1. The molecule has 3 aromatic rings. The number of rotatable bonds is 5. The average Bonchev–Trinajstić information content (AvgIpc) is 3.39. The fourth-order valence-electron chi connectivity index (χ4n) is 3.65. The number of hydrogen-bond donors (Lipinski definition) is 1. The summed E-state index contributed by atoms with van der Waals surface area (Å²) in [6.07, 6.45) is -2.81. The minimum atomic E-state index is -4.53. The van der Waals surface area contributed by atoms with Gasteiger partial charge in [-0.05, 0) is 44.0 Å². The van der Waals surface area contributed by atoms with Crippen LogP contribution in [0.1, 0.15) is 29.8 Å². The van der Waals surface area contributed by atoms with Gasteiger partial charge in [0.2, 0.25) is 15.9 Å². The molecule has 0 spiro atoms. The molecule has 170 valence electrons. The molecule has 0 unspecified atom stereocenters. The summed E-state index contributed by atoms with van der Waals surface area (Å²) in [6, 6.07) is 7.54. The zero-order valence-corrected chi connectivity index (χ0v) is 17.8. The number of carbonyl (C=O) groups is 1. The highest BCUT2D eigenvalue weighted by Crippen LogP contribution is 2.29. The lowest BCUT2D eigenvalue weighted by Crippen LogP contribution is -2.45. The third-order valence-electron chi connectivity index (χ3n) is 5.35. The molecular formula is C20H20F3N5O3S. The second kappa shape index (κ2) is 8.17. The van der Waals surface area contributed by atoms with Gasteiger partial charge in [0.15, 0.2) is 11.5 Å². The van der Waals surface area contributed by atoms with Crippen molar-refractivity contribution in [3.63, 3.8) is 0 Å². The predicted octanol–water partition coefficient (Wildman–Crippen LogP) is 2.53. The fourth-order valence-corrected chi connectivity index (χ4v) is 5.30. The van der Waals surface area contributed by atoms with Crippen molar-refractivity contribution in [2.24, 2.45) is 0 Å². The van der Waals surface area contributed by atoms with Gasteiger partial charge >= 0.3 is 6.18 Å². The number of nitrogens with zero attached hydrogens (tertiary/aromatic N) is 4. The second-order valence-corrected chi connectivity index (χ2v) is 9.46. The van der Waals surface area contributed by atoms with Crippen LogP contribution in [0, 0.1) is 6.92 Å². The molecule has 0 radical (unpaired) electrons. The molecular weight excluding hydrogens is 447 g/mol. The third-order valence-corrected chi connectivity index (χ3v) is 7.28. The van der Waals surface area contributed by atoms with E-state index in [0.717, 1.165) is 26.5 Å². The lowest BCUT2D eigenvalue weighted by Gasteiger charge is -2.23. The number of fused-ring (bicyclic) bond motifs is 1. The first-order chi connectivity index (χ1) is 15.1. The molecule has 1 aliphatic heterocycles. The normalized spacial score (nSPS) is 17.7. The van der Waals surface area contributed by atoms with Gasteiger partial charge in [-0.2, -0.15) is 17.5 Å². The van der Waals surface area contributed by atoms with Crippen LogP contribution < -0.4 is 5.32 Å². The van der Waals surface area contributed by atoms with Crippen LogP contribution in [-0.2, 0) is 27.5 Å². The zero-order chi connectivity index (χ0) is 23.1. The molecule has 4 rings (SSSR count). The summed E-state index contributed by atoms with van der Waals surface area (Å²) in [5, 5.41) is 10.2. The van der Waals surface area contributed by atoms with Crippen molar-refractivity contribution in [2.75, 3.05) is 6.54 Å². The minimum absolute atomic E-state index is 0.102. The van der Waals surface area contributed by atoms with E-state index in [-0.39, 0.29) is 29.5 Å². The highest BCUT2D eigenvalue weighted by molar-refractivity contribution is 7.89. The molecule has 0 aliphatic carbocycles. The van der Waals surface area contributed by atoms with Crippen LogP contribution >= 0.6 is 0 Å². The number of pyridine rings is 1. The Hall–Kier alpha value is -2.99. The molecule has 1 aromatic carbocycles. The summed E-state index contributed by atoms with van der Waals surface area (Å²) in [5.74, 6) is -0.438. The van der Waals surface area contributed by atoms with E-state index in [0.29, 0.717) is 12.8 Å². The number of hydrogen-bond acceptors (Lipinski definition) is 5. The first kappa shape index (κ1) is 22.2. The summed E-state index contributed by atoms with van der Waals surface area (Å²) in [4.78, 5) is 12.9. The van der Waals surface area contributed by atoms with Crippen molar-refractivity contribution in [1.29, 1.82) is 0 Å². The Morgan fingerprint density at radius 1 is 1.16 bits per heavy atom. The maximum absolute atomic E-state index is 13.0. The largest absolute Gasteiger partial charge is 0.417 e. The Kier molecular flexibility index (Phi) is 5.67. The maximum Gasteiger partial charge on any atom is 0.417 e. The van der Waals surface area contributed by atoms with Crippen LogP contribution in [0.4, 0.5) is 13.2 Å². The number of nitrogens with one attached hydrogen (secondary N) is 1. The Bertz CT molecular complexity index is 1260. The molecule has 1 N–H and O–H groups in total. The number of benzene rings is 1. The maximum atomic E-state index is 13.0. The number of carbonyl (C=O) groups excluding carboxylic acids is 1. The van der Waals surface area contributed by atoms with Crippen LogP contribution in [0.5, 0.6) is 0 Å². The molecule has 0 saturated carbocycles. The Morgan fingerprint density at radius 2 is 1.88 bits per heavy atom. The Labute approximate surface area is 182 Å². The quantitative estimate of drug-likeness (QED) is 0.622. The number of aromatic nitrogens is 3. The molecule has 1 saturated heterocycles. The van der Waals surface area contributed by atoms with E-state index >= 15 is 0 Å². The summed E-state index contributed by atoms with van der Waals surface area (Å²) in [7, 11) is -3.86. The highest BCUT2D eigenvalue weighted by Gasteiger charge is 2.39. The van der Waals surface area contributed by atoms with Crippen molar-refractivity contribution in [1.82, 2.24) is 24.2 Å². The van der Waals surface area contributed by atoms with Gasteiger partial charge in [0.1, 0.15) is 6.04 Å². The molecule has 1 atom stereocenters. The Morgan fingerprint density at radius 3 is 2.56 bits per heavy atom. The number of sulfonamides is 1. The molecule has 1 aliphatic rings. The molecule has 1 amide bonds. The van der Waals surface area contributed by atoms with Crippen molar-refractivity contribution in [3.05, 3.63) is 59.5 Å². The van der Waals surface area contributed by atoms with Crippen LogP contribution in [0.15, 0.2) is 47.5 Å². The van der Waals surface area contributed by atoms with E-state index in [1.165, 1.54) is 18.2 Å². The van der Waals surface area contributed by atoms with E-state index in [9.17, 15) is 26.4 Å². The summed E-state index contributed by atoms with van der Waals surface area (Å²) in [5.41, 5.74) is 0.240. The third kappa shape index (κ3) is 4.19. The number of amides is 1. The molecule has 2 aromatic heterocycles. The van der Waals surface area contributed by atoms with Gasteiger partial charge in [-0.1, -0.05) is 17.7 Å². The van der Waals surface area contributed by atoms with E-state index in [1.807, 2.05) is 6.92 Å². The molecule has 3 heterocycles. The number of aryl methyl sites for hydroxylation is 1. The van der Waals surface area contributed by atoms with E-state index in [1.54, 1.807) is 12.1 Å². The Balaban J connectivity index is 1.51. The van der Waals surface area contributed by atoms with Gasteiger partial charge in [0.25, 0.3) is 0 Å². The van der Waals surface area contributed by atoms with E-state index < -0.39 is 33.7 Å². The van der Waals surface area contributed by atoms with E-state index in [4.69, 9.17) is 0 Å². The smallest absolute Gasteiger partial charge is 0.347 e. The lowest BCUT2D eigenvalue weighted by atomic mass is 10.2. The fraction of sp³-hybridized carbons (Fsp3) is 0.350. The van der Waals surface area contributed by atoms with Crippen LogP contribution in [0.25, 0.3) is 5.65 Å². The average molecular weight is 467 g/mol. The van der Waals surface area contributed by atoms with Crippen molar-refractivity contribution in [3.8, 4) is 0 Å². The molecule has 1 fully saturated rings. The standard InChI is InChI=1S/C20H20F3N5O3S/c1-13-4-7-15(8-5-13)32(30,31)28-10-2-3-16(28)19(29)24-11-18-26-25-17-9-6-14(12-27(17)18)20(21,22)23/h4-9,12,16H,2-3,10-11H2,1H3,(H,24,29)/t16-/m1/s1. The lowest BCUT2D eigenvalue weighted by molar-refractivity contribution is -0.137.